The number of fused-ring (bicyclic) bond motifs is 3. The van der Waals surface area contributed by atoms with Gasteiger partial charge in [-0.15, -0.1) is 0 Å². The number of ketones is 1. The van der Waals surface area contributed by atoms with E-state index in [0.717, 1.165) is 13.1 Å². The summed E-state index contributed by atoms with van der Waals surface area (Å²) in [5.41, 5.74) is -0.642. The highest BCUT2D eigenvalue weighted by Crippen LogP contribution is 2.53. The molecular formula is C28H29N3O7. The minimum absolute atomic E-state index is 0.174. The summed E-state index contributed by atoms with van der Waals surface area (Å²) in [7, 11) is 1.62. The summed E-state index contributed by atoms with van der Waals surface area (Å²) in [5.74, 6) is -1.62. The predicted octanol–water partition coefficient (Wildman–Crippen LogP) is 1.73. The maximum atomic E-state index is 14.1. The van der Waals surface area contributed by atoms with Crippen molar-refractivity contribution in [3.8, 4) is 11.5 Å². The fourth-order valence-electron chi connectivity index (χ4n) is 5.88. The molecule has 4 aliphatic rings. The molecule has 2 fully saturated rings. The van der Waals surface area contributed by atoms with Crippen LogP contribution in [0.25, 0.3) is 5.76 Å². The Bertz CT molecular complexity index is 1350. The van der Waals surface area contributed by atoms with Gasteiger partial charge in [0.15, 0.2) is 17.0 Å². The number of aliphatic hydroxyl groups excluding tert-OH is 1. The molecule has 4 aliphatic heterocycles. The number of morpholine rings is 1. The average molecular weight is 520 g/mol. The van der Waals surface area contributed by atoms with Crippen molar-refractivity contribution in [2.75, 3.05) is 64.6 Å². The molecule has 1 spiro atoms. The molecule has 1 N–H and O–H groups in total. The quantitative estimate of drug-likeness (QED) is 0.362. The second kappa shape index (κ2) is 9.45. The van der Waals surface area contributed by atoms with E-state index in [1.165, 1.54) is 9.80 Å². The maximum absolute atomic E-state index is 14.1. The number of hydrogen-bond donors (Lipinski definition) is 1. The number of para-hydroxylation sites is 1. The van der Waals surface area contributed by atoms with Crippen molar-refractivity contribution in [3.05, 3.63) is 59.2 Å². The first-order chi connectivity index (χ1) is 18.4. The van der Waals surface area contributed by atoms with Crippen molar-refractivity contribution in [2.45, 2.75) is 12.0 Å². The summed E-state index contributed by atoms with van der Waals surface area (Å²) in [6, 6.07) is 11.9. The lowest BCUT2D eigenvalue weighted by Crippen LogP contribution is -2.52. The van der Waals surface area contributed by atoms with E-state index in [-0.39, 0.29) is 17.7 Å². The molecule has 1 atom stereocenters. The van der Waals surface area contributed by atoms with E-state index in [4.69, 9.17) is 14.2 Å². The van der Waals surface area contributed by atoms with Gasteiger partial charge in [0.2, 0.25) is 0 Å². The fraction of sp³-hybridized carbons (Fsp3) is 0.393. The number of benzene rings is 2. The number of carbonyl (C=O) groups excluding carboxylic acids is 3. The molecule has 2 saturated heterocycles. The molecule has 6 rings (SSSR count). The molecule has 0 unspecified atom stereocenters. The van der Waals surface area contributed by atoms with Gasteiger partial charge in [-0.2, -0.15) is 0 Å². The van der Waals surface area contributed by atoms with Gasteiger partial charge >= 0.3 is 0 Å². The summed E-state index contributed by atoms with van der Waals surface area (Å²) in [4.78, 5) is 46.3. The zero-order chi connectivity index (χ0) is 26.4. The molecule has 0 saturated carbocycles. The Morgan fingerprint density at radius 1 is 0.947 bits per heavy atom. The van der Waals surface area contributed by atoms with Crippen molar-refractivity contribution in [1.29, 1.82) is 0 Å². The summed E-state index contributed by atoms with van der Waals surface area (Å²) in [6.07, 6.45) is 0.554. The van der Waals surface area contributed by atoms with E-state index >= 15 is 0 Å². The molecule has 2 aromatic rings. The van der Waals surface area contributed by atoms with Gasteiger partial charge in [0.05, 0.1) is 18.8 Å². The van der Waals surface area contributed by atoms with Gasteiger partial charge < -0.3 is 29.1 Å². The third kappa shape index (κ3) is 3.58. The number of likely N-dealkylation sites (tertiary alicyclic amines) is 1. The smallest absolute Gasteiger partial charge is 0.296 e. The zero-order valence-electron chi connectivity index (χ0n) is 21.1. The lowest BCUT2D eigenvalue weighted by molar-refractivity contribution is -0.143. The van der Waals surface area contributed by atoms with Gasteiger partial charge in [0.25, 0.3) is 17.6 Å². The van der Waals surface area contributed by atoms with Crippen LogP contribution in [0.5, 0.6) is 11.5 Å². The number of amides is 2. The number of aliphatic hydroxyl groups is 1. The zero-order valence-corrected chi connectivity index (χ0v) is 21.1. The van der Waals surface area contributed by atoms with Crippen LogP contribution in [0.1, 0.15) is 17.5 Å². The van der Waals surface area contributed by atoms with Gasteiger partial charge in [0, 0.05) is 50.0 Å². The maximum Gasteiger partial charge on any atom is 0.296 e. The number of anilines is 1. The monoisotopic (exact) mass is 519 g/mol. The Balaban J connectivity index is 1.47. The van der Waals surface area contributed by atoms with Crippen LogP contribution in [0.4, 0.5) is 5.69 Å². The number of Topliss-reactive ketones (excluding diaryl/α,β-unsaturated/α-hetero) is 1. The third-order valence-corrected chi connectivity index (χ3v) is 7.71. The second-order valence-electron chi connectivity index (χ2n) is 9.77. The van der Waals surface area contributed by atoms with Gasteiger partial charge in [-0.05, 0) is 30.7 Å². The summed E-state index contributed by atoms with van der Waals surface area (Å²) in [6.45, 7) is 4.51. The number of nitrogens with zero attached hydrogens (tertiary/aromatic N) is 3. The van der Waals surface area contributed by atoms with Gasteiger partial charge in [-0.25, -0.2) is 0 Å². The van der Waals surface area contributed by atoms with E-state index in [1.807, 2.05) is 0 Å². The SMILES string of the molecule is CN1C(=O)[C@@]2(/C(=C(\O)c3ccc4c(c3)OCCO4)C(=O)C(=O)N2CCCN2CCOCC2)c2ccccc21. The van der Waals surface area contributed by atoms with E-state index in [1.54, 1.807) is 49.5 Å². The van der Waals surface area contributed by atoms with Crippen LogP contribution in [0.15, 0.2) is 48.0 Å². The minimum atomic E-state index is -1.76. The van der Waals surface area contributed by atoms with Gasteiger partial charge in [0.1, 0.15) is 19.0 Å². The first-order valence-electron chi connectivity index (χ1n) is 12.8. The molecule has 4 heterocycles. The van der Waals surface area contributed by atoms with Crippen LogP contribution in [0.2, 0.25) is 0 Å². The summed E-state index contributed by atoms with van der Waals surface area (Å²) >= 11 is 0. The Hall–Kier alpha value is -3.89. The van der Waals surface area contributed by atoms with Crippen LogP contribution in [0.3, 0.4) is 0 Å². The lowest BCUT2D eigenvalue weighted by atomic mass is 9.81. The molecule has 2 amide bonds. The molecule has 0 bridgehead atoms. The Labute approximate surface area is 220 Å². The van der Waals surface area contributed by atoms with Crippen molar-refractivity contribution >= 4 is 29.0 Å². The van der Waals surface area contributed by atoms with Crippen LogP contribution < -0.4 is 14.4 Å². The van der Waals surface area contributed by atoms with Crippen LogP contribution in [0, 0.1) is 0 Å². The molecule has 10 heteroatoms. The number of hydrogen-bond acceptors (Lipinski definition) is 8. The van der Waals surface area contributed by atoms with Gasteiger partial charge in [-0.3, -0.25) is 19.3 Å². The first-order valence-corrected chi connectivity index (χ1v) is 12.8. The number of likely N-dealkylation sites (N-methyl/N-ethyl adjacent to an activating group) is 1. The fourth-order valence-corrected chi connectivity index (χ4v) is 5.88. The standard InChI is InChI=1S/C28H29N3O7/c1-29-20-6-3-2-5-19(20)28(27(29)35)23(24(32)18-7-8-21-22(17-18)38-16-15-37-21)25(33)26(34)31(28)10-4-9-30-11-13-36-14-12-30/h2-3,5-8,17,32H,4,9-16H2,1H3/b24-23-/t28-/m0/s1. The largest absolute Gasteiger partial charge is 0.507 e. The number of rotatable bonds is 5. The average Bonchev–Trinajstić information content (AvgIpc) is 3.31. The molecule has 2 aromatic carbocycles. The van der Waals surface area contributed by atoms with E-state index < -0.39 is 28.9 Å². The Morgan fingerprint density at radius 3 is 2.47 bits per heavy atom. The number of carbonyl (C=O) groups is 3. The first kappa shape index (κ1) is 24.4. The van der Waals surface area contributed by atoms with E-state index in [9.17, 15) is 19.5 Å². The third-order valence-electron chi connectivity index (χ3n) is 7.71. The molecule has 0 aliphatic carbocycles. The van der Waals surface area contributed by atoms with Crippen molar-refractivity contribution in [2.24, 2.45) is 0 Å². The molecule has 10 nitrogen and oxygen atoms in total. The van der Waals surface area contributed by atoms with Crippen molar-refractivity contribution in [1.82, 2.24) is 9.80 Å². The van der Waals surface area contributed by atoms with E-state index in [2.05, 4.69) is 4.90 Å². The Kier molecular flexibility index (Phi) is 6.08. The van der Waals surface area contributed by atoms with Crippen LogP contribution in [-0.4, -0.2) is 92.2 Å². The Morgan fingerprint density at radius 2 is 1.68 bits per heavy atom. The lowest BCUT2D eigenvalue weighted by Gasteiger charge is -2.35. The second-order valence-corrected chi connectivity index (χ2v) is 9.77. The summed E-state index contributed by atoms with van der Waals surface area (Å²) < 4.78 is 16.7. The van der Waals surface area contributed by atoms with E-state index in [0.29, 0.717) is 62.1 Å². The normalized spacial score (nSPS) is 24.4. The highest BCUT2D eigenvalue weighted by Gasteiger charge is 2.66. The molecule has 198 valence electrons. The van der Waals surface area contributed by atoms with Gasteiger partial charge in [-0.1, -0.05) is 18.2 Å². The molecule has 0 radical (unpaired) electrons. The van der Waals surface area contributed by atoms with Crippen molar-refractivity contribution in [3.63, 3.8) is 0 Å². The topological polar surface area (TPSA) is 109 Å². The predicted molar refractivity (Wildman–Crippen MR) is 137 cm³/mol. The molecule has 38 heavy (non-hydrogen) atoms. The summed E-state index contributed by atoms with van der Waals surface area (Å²) in [5, 5.41) is 11.6. The molecule has 0 aromatic heterocycles. The highest BCUT2D eigenvalue weighted by atomic mass is 16.6. The minimum Gasteiger partial charge on any atom is -0.507 e. The number of ether oxygens (including phenoxy) is 3. The van der Waals surface area contributed by atoms with Crippen molar-refractivity contribution < 1.29 is 33.7 Å². The van der Waals surface area contributed by atoms with Crippen LogP contribution in [-0.2, 0) is 24.7 Å². The highest BCUT2D eigenvalue weighted by molar-refractivity contribution is 6.50. The molecular weight excluding hydrogens is 490 g/mol. The van der Waals surface area contributed by atoms with Crippen LogP contribution >= 0.6 is 0 Å².